The maximum Gasteiger partial charge on any atom is 0.306 e. The number of benzene rings is 1. The molecule has 3 heterocycles. The van der Waals surface area contributed by atoms with Gasteiger partial charge in [0.05, 0.1) is 11.8 Å². The molecule has 4 aliphatic rings. The molecule has 0 bridgehead atoms. The molecule has 0 radical (unpaired) electrons. The van der Waals surface area contributed by atoms with E-state index in [4.69, 9.17) is 0 Å². The van der Waals surface area contributed by atoms with Crippen molar-refractivity contribution in [1.82, 2.24) is 15.1 Å². The number of nitrogens with zero attached hydrogens (tertiary/aromatic N) is 2. The van der Waals surface area contributed by atoms with Crippen LogP contribution in [0.1, 0.15) is 74.0 Å². The lowest BCUT2D eigenvalue weighted by atomic mass is 9.80. The van der Waals surface area contributed by atoms with Gasteiger partial charge in [-0.1, -0.05) is 18.2 Å². The minimum Gasteiger partial charge on any atom is -0.481 e. The van der Waals surface area contributed by atoms with Gasteiger partial charge in [0.15, 0.2) is 0 Å². The van der Waals surface area contributed by atoms with Crippen LogP contribution in [0.2, 0.25) is 0 Å². The van der Waals surface area contributed by atoms with Gasteiger partial charge < -0.3 is 14.9 Å². The molecule has 3 aliphatic heterocycles. The summed E-state index contributed by atoms with van der Waals surface area (Å²) >= 11 is 0. The Labute approximate surface area is 216 Å². The molecule has 3 fully saturated rings. The zero-order chi connectivity index (χ0) is 26.1. The van der Waals surface area contributed by atoms with Crippen LogP contribution >= 0.6 is 0 Å². The van der Waals surface area contributed by atoms with E-state index in [1.54, 1.807) is 0 Å². The van der Waals surface area contributed by atoms with Crippen molar-refractivity contribution >= 4 is 29.6 Å². The molecule has 2 N–H and O–H groups in total. The number of hydrogen-bond donors (Lipinski definition) is 2. The molecule has 1 aromatic carbocycles. The summed E-state index contributed by atoms with van der Waals surface area (Å²) in [4.78, 5) is 64.9. The van der Waals surface area contributed by atoms with Crippen LogP contribution in [-0.2, 0) is 36.9 Å². The van der Waals surface area contributed by atoms with Crippen molar-refractivity contribution in [2.45, 2.75) is 70.3 Å². The molecular weight excluding hydrogens is 474 g/mol. The summed E-state index contributed by atoms with van der Waals surface area (Å²) in [6, 6.07) is 6.02. The maximum absolute atomic E-state index is 13.3. The van der Waals surface area contributed by atoms with Gasteiger partial charge in [0, 0.05) is 44.4 Å². The Morgan fingerprint density at radius 1 is 0.757 bits per heavy atom. The molecule has 1 aliphatic carbocycles. The van der Waals surface area contributed by atoms with Crippen LogP contribution in [0.15, 0.2) is 18.2 Å². The van der Waals surface area contributed by atoms with Gasteiger partial charge in [0.2, 0.25) is 23.6 Å². The van der Waals surface area contributed by atoms with Crippen LogP contribution in [0.5, 0.6) is 0 Å². The van der Waals surface area contributed by atoms with Crippen LogP contribution < -0.4 is 5.32 Å². The van der Waals surface area contributed by atoms with Crippen molar-refractivity contribution in [3.8, 4) is 0 Å². The molecule has 0 aromatic heterocycles. The highest BCUT2D eigenvalue weighted by atomic mass is 16.4. The van der Waals surface area contributed by atoms with Crippen molar-refractivity contribution < 1.29 is 29.1 Å². The minimum atomic E-state index is -0.777. The first-order valence-electron chi connectivity index (χ1n) is 13.6. The second-order valence-corrected chi connectivity index (χ2v) is 11.0. The van der Waals surface area contributed by atoms with E-state index in [0.29, 0.717) is 77.5 Å². The number of amides is 4. The minimum absolute atomic E-state index is 0.0638. The summed E-state index contributed by atoms with van der Waals surface area (Å²) in [7, 11) is 0. The average molecular weight is 510 g/mol. The van der Waals surface area contributed by atoms with Crippen LogP contribution in [0.4, 0.5) is 0 Å². The highest BCUT2D eigenvalue weighted by Gasteiger charge is 2.36. The van der Waals surface area contributed by atoms with Gasteiger partial charge in [0.1, 0.15) is 0 Å². The summed E-state index contributed by atoms with van der Waals surface area (Å²) < 4.78 is 0. The summed E-state index contributed by atoms with van der Waals surface area (Å²) in [6.07, 6.45) is 5.47. The topological polar surface area (TPSA) is 124 Å². The number of likely N-dealkylation sites (tertiary alicyclic amines) is 1. The molecule has 1 saturated carbocycles. The van der Waals surface area contributed by atoms with Crippen molar-refractivity contribution in [2.75, 3.05) is 19.6 Å². The van der Waals surface area contributed by atoms with E-state index < -0.39 is 5.97 Å². The van der Waals surface area contributed by atoms with E-state index in [9.17, 15) is 29.1 Å². The Morgan fingerprint density at radius 2 is 1.41 bits per heavy atom. The van der Waals surface area contributed by atoms with Crippen molar-refractivity contribution in [2.24, 2.45) is 17.8 Å². The second kappa shape index (κ2) is 10.6. The van der Waals surface area contributed by atoms with Crippen LogP contribution in [0.3, 0.4) is 0 Å². The molecular formula is C28H35N3O6. The smallest absolute Gasteiger partial charge is 0.306 e. The lowest BCUT2D eigenvalue weighted by Crippen LogP contribution is -2.45. The lowest BCUT2D eigenvalue weighted by Gasteiger charge is -2.37. The number of piperidine rings is 2. The Kier molecular flexibility index (Phi) is 7.31. The van der Waals surface area contributed by atoms with Crippen LogP contribution in [0, 0.1) is 17.8 Å². The monoisotopic (exact) mass is 509 g/mol. The molecule has 198 valence electrons. The highest BCUT2D eigenvalue weighted by Crippen LogP contribution is 2.34. The maximum atomic E-state index is 13.3. The third-order valence-electron chi connectivity index (χ3n) is 8.78. The predicted molar refractivity (Wildman–Crippen MR) is 133 cm³/mol. The molecule has 2 saturated heterocycles. The van der Waals surface area contributed by atoms with Crippen molar-refractivity contribution in [3.05, 3.63) is 34.9 Å². The number of fused-ring (bicyclic) bond motifs is 1. The van der Waals surface area contributed by atoms with E-state index in [-0.39, 0.29) is 47.3 Å². The number of aliphatic carboxylic acids is 1. The number of hydrogen-bond acceptors (Lipinski definition) is 5. The van der Waals surface area contributed by atoms with E-state index in [1.807, 2.05) is 21.9 Å². The Balaban J connectivity index is 1.13. The number of carboxylic acid groups (broad SMARTS) is 1. The third-order valence-corrected chi connectivity index (χ3v) is 8.78. The normalized spacial score (nSPS) is 26.9. The zero-order valence-corrected chi connectivity index (χ0v) is 21.1. The fourth-order valence-corrected chi connectivity index (χ4v) is 6.44. The van der Waals surface area contributed by atoms with Gasteiger partial charge in [-0.15, -0.1) is 0 Å². The Morgan fingerprint density at radius 3 is 2.03 bits per heavy atom. The number of imide groups is 1. The molecule has 5 rings (SSSR count). The number of carbonyl (C=O) groups is 5. The number of nitrogens with one attached hydrogen (secondary N) is 1. The first-order chi connectivity index (χ1) is 17.8. The third kappa shape index (κ3) is 5.40. The zero-order valence-electron chi connectivity index (χ0n) is 21.1. The number of rotatable bonds is 4. The molecule has 1 atom stereocenters. The molecule has 4 amide bonds. The van der Waals surface area contributed by atoms with E-state index >= 15 is 0 Å². The number of carbonyl (C=O) groups excluding carboxylic acids is 4. The Hall–Kier alpha value is -3.23. The first-order valence-corrected chi connectivity index (χ1v) is 13.6. The van der Waals surface area contributed by atoms with E-state index in [0.717, 1.165) is 23.1 Å². The van der Waals surface area contributed by atoms with Gasteiger partial charge in [-0.2, -0.15) is 0 Å². The van der Waals surface area contributed by atoms with Crippen molar-refractivity contribution in [3.63, 3.8) is 0 Å². The van der Waals surface area contributed by atoms with Gasteiger partial charge in [-0.25, -0.2) is 0 Å². The summed E-state index contributed by atoms with van der Waals surface area (Å²) in [5.41, 5.74) is 3.19. The predicted octanol–water partition coefficient (Wildman–Crippen LogP) is 2.22. The fourth-order valence-electron chi connectivity index (χ4n) is 6.44. The van der Waals surface area contributed by atoms with Crippen molar-refractivity contribution in [1.29, 1.82) is 0 Å². The highest BCUT2D eigenvalue weighted by molar-refractivity contribution is 6.01. The molecule has 37 heavy (non-hydrogen) atoms. The van der Waals surface area contributed by atoms with E-state index in [1.165, 1.54) is 0 Å². The van der Waals surface area contributed by atoms with Gasteiger partial charge >= 0.3 is 5.97 Å². The fraction of sp³-hybridized carbons (Fsp3) is 0.607. The van der Waals surface area contributed by atoms with Gasteiger partial charge in [-0.05, 0) is 68.1 Å². The Bertz CT molecular complexity index is 1100. The average Bonchev–Trinajstić information content (AvgIpc) is 2.92. The number of carboxylic acids is 1. The summed E-state index contributed by atoms with van der Waals surface area (Å²) in [6.45, 7) is 2.21. The van der Waals surface area contributed by atoms with Crippen LogP contribution in [0.25, 0.3) is 0 Å². The summed E-state index contributed by atoms with van der Waals surface area (Å²) in [5, 5.41) is 11.6. The first kappa shape index (κ1) is 25.4. The van der Waals surface area contributed by atoms with E-state index in [2.05, 4.69) is 11.4 Å². The van der Waals surface area contributed by atoms with Gasteiger partial charge in [-0.3, -0.25) is 29.3 Å². The molecule has 0 spiro atoms. The summed E-state index contributed by atoms with van der Waals surface area (Å²) in [5.74, 6) is -1.73. The lowest BCUT2D eigenvalue weighted by molar-refractivity contribution is -0.147. The quantitative estimate of drug-likeness (QED) is 0.600. The standard InChI is InChI=1S/C28H35N3O6/c32-24-8-7-23(25(33)29-24)21-5-6-22-16-31(14-11-20(22)15-21)27(35)18-3-1-17(2-4-18)26(34)30-12-9-19(10-13-30)28(36)37/h5-6,15,17-19,23H,1-4,7-14,16H2,(H,36,37)(H,29,32,33)/t17-,18-,23?. The second-order valence-electron chi connectivity index (χ2n) is 11.0. The van der Waals surface area contributed by atoms with Gasteiger partial charge in [0.25, 0.3) is 0 Å². The molecule has 9 heteroatoms. The molecule has 1 aromatic rings. The largest absolute Gasteiger partial charge is 0.481 e. The SMILES string of the molecule is O=C1CCC(c2ccc3c(c2)CCN(C(=O)[C@H]2CC[C@H](C(=O)N4CCC(C(=O)O)CC4)CC2)C3)C(=O)N1. The molecule has 9 nitrogen and oxygen atoms in total. The molecule has 1 unspecified atom stereocenters. The van der Waals surface area contributed by atoms with Crippen LogP contribution in [-0.4, -0.2) is 64.1 Å².